The molecule has 4 N–H and O–H groups in total. The number of aliphatic hydroxyl groups excluding tert-OH is 1. The van der Waals surface area contributed by atoms with Crippen molar-refractivity contribution in [1.29, 1.82) is 0 Å². The van der Waals surface area contributed by atoms with Crippen LogP contribution < -0.4 is 5.73 Å². The fourth-order valence-electron chi connectivity index (χ4n) is 1.10. The molecule has 0 radical (unpaired) electrons. The maximum Gasteiger partial charge on any atom is 0.267 e. The van der Waals surface area contributed by atoms with Gasteiger partial charge in [-0.25, -0.2) is 9.97 Å². The minimum atomic E-state index is -1.33. The third-order valence-corrected chi connectivity index (χ3v) is 2.61. The molecule has 0 aliphatic carbocycles. The number of nitrogens with zero attached hydrogens (tertiary/aromatic N) is 3. The van der Waals surface area contributed by atoms with Gasteiger partial charge in [0.1, 0.15) is 11.4 Å². The molecule has 1 unspecified atom stereocenters. The third-order valence-electron chi connectivity index (χ3n) is 1.93. The summed E-state index contributed by atoms with van der Waals surface area (Å²) in [7, 11) is 0. The summed E-state index contributed by atoms with van der Waals surface area (Å²) in [6.07, 6.45) is 1.89. The zero-order valence-corrected chi connectivity index (χ0v) is 9.79. The second-order valence-electron chi connectivity index (χ2n) is 3.13. The number of hydrogen-bond acceptors (Lipinski definition) is 8. The summed E-state index contributed by atoms with van der Waals surface area (Å²) >= 11 is 1.17. The van der Waals surface area contributed by atoms with E-state index in [1.165, 1.54) is 23.9 Å². The average molecular weight is 267 g/mol. The van der Waals surface area contributed by atoms with Gasteiger partial charge in [-0.05, 0) is 0 Å². The molecule has 0 amide bonds. The number of oxime groups is 1. The minimum absolute atomic E-state index is 0.0542. The van der Waals surface area contributed by atoms with Crippen molar-refractivity contribution >= 4 is 28.5 Å². The Morgan fingerprint density at radius 1 is 1.72 bits per heavy atom. The Morgan fingerprint density at radius 3 is 3.11 bits per heavy atom. The van der Waals surface area contributed by atoms with Crippen molar-refractivity contribution in [1.82, 2.24) is 15.0 Å². The number of thiazole rings is 1. The first-order valence-electron chi connectivity index (χ1n) is 4.77. The number of aromatic amines is 1. The second-order valence-corrected chi connectivity index (χ2v) is 4.02. The van der Waals surface area contributed by atoms with Gasteiger partial charge < -0.3 is 20.7 Å². The summed E-state index contributed by atoms with van der Waals surface area (Å²) in [4.78, 5) is 25.8. The SMILES string of the molecule is Nc1nc(C(C=O)=NOC(O)c2cnc[nH]2)cs1. The second kappa shape index (κ2) is 5.38. The number of nitrogen functional groups attached to an aromatic ring is 1. The van der Waals surface area contributed by atoms with Gasteiger partial charge in [-0.3, -0.25) is 4.79 Å². The third kappa shape index (κ3) is 2.70. The van der Waals surface area contributed by atoms with Crippen LogP contribution in [0.1, 0.15) is 17.7 Å². The number of hydrogen-bond donors (Lipinski definition) is 3. The smallest absolute Gasteiger partial charge is 0.267 e. The standard InChI is InChI=1S/C9H9N5O3S/c10-9-13-7(3-18-9)6(2-15)14-17-8(16)5-1-11-4-12-5/h1-4,8,16H,(H2,10,13)(H,11,12). The number of imidazole rings is 1. The van der Waals surface area contributed by atoms with Crippen LogP contribution in [0.25, 0.3) is 0 Å². The molecule has 0 aromatic carbocycles. The molecule has 18 heavy (non-hydrogen) atoms. The van der Waals surface area contributed by atoms with Crippen LogP contribution in [-0.2, 0) is 9.63 Å². The van der Waals surface area contributed by atoms with Crippen molar-refractivity contribution in [2.24, 2.45) is 5.16 Å². The van der Waals surface area contributed by atoms with Crippen molar-refractivity contribution in [3.8, 4) is 0 Å². The summed E-state index contributed by atoms with van der Waals surface area (Å²) in [5, 5.41) is 14.9. The highest BCUT2D eigenvalue weighted by Crippen LogP contribution is 2.14. The molecule has 0 bridgehead atoms. The summed E-state index contributed by atoms with van der Waals surface area (Å²) in [5.74, 6) is 0. The van der Waals surface area contributed by atoms with E-state index in [1.807, 2.05) is 0 Å². The molecular weight excluding hydrogens is 258 g/mol. The first-order chi connectivity index (χ1) is 8.70. The van der Waals surface area contributed by atoms with Crippen LogP contribution in [-0.4, -0.2) is 32.1 Å². The van der Waals surface area contributed by atoms with Crippen molar-refractivity contribution in [3.05, 3.63) is 29.3 Å². The van der Waals surface area contributed by atoms with Gasteiger partial charge in [0.15, 0.2) is 17.1 Å². The molecule has 0 spiro atoms. The van der Waals surface area contributed by atoms with Gasteiger partial charge in [0.25, 0.3) is 6.29 Å². The zero-order valence-electron chi connectivity index (χ0n) is 8.98. The van der Waals surface area contributed by atoms with Crippen LogP contribution >= 0.6 is 11.3 Å². The average Bonchev–Trinajstić information content (AvgIpc) is 3.01. The Balaban J connectivity index is 2.09. The highest BCUT2D eigenvalue weighted by Gasteiger charge is 2.12. The lowest BCUT2D eigenvalue weighted by atomic mass is 10.3. The zero-order chi connectivity index (χ0) is 13.0. The predicted molar refractivity (Wildman–Crippen MR) is 63.8 cm³/mol. The van der Waals surface area contributed by atoms with Crippen LogP contribution in [0.2, 0.25) is 0 Å². The maximum absolute atomic E-state index is 10.8. The number of rotatable bonds is 5. The number of carbonyl (C=O) groups is 1. The van der Waals surface area contributed by atoms with Crippen LogP contribution in [0.4, 0.5) is 5.13 Å². The first kappa shape index (κ1) is 12.2. The van der Waals surface area contributed by atoms with Gasteiger partial charge in [0.2, 0.25) is 0 Å². The summed E-state index contributed by atoms with van der Waals surface area (Å²) in [5.41, 5.74) is 6.00. The molecule has 2 rings (SSSR count). The maximum atomic E-state index is 10.8. The lowest BCUT2D eigenvalue weighted by molar-refractivity contribution is -0.108. The van der Waals surface area contributed by atoms with Crippen molar-refractivity contribution < 1.29 is 14.7 Å². The normalized spacial score (nSPS) is 13.3. The van der Waals surface area contributed by atoms with Gasteiger partial charge in [-0.2, -0.15) is 0 Å². The van der Waals surface area contributed by atoms with E-state index < -0.39 is 6.29 Å². The van der Waals surface area contributed by atoms with Gasteiger partial charge in [-0.1, -0.05) is 5.16 Å². The number of carbonyl (C=O) groups excluding carboxylic acids is 1. The summed E-state index contributed by atoms with van der Waals surface area (Å²) in [6.45, 7) is 0. The summed E-state index contributed by atoms with van der Waals surface area (Å²) in [6, 6.07) is 0. The molecular formula is C9H9N5O3S. The van der Waals surface area contributed by atoms with E-state index in [0.29, 0.717) is 22.8 Å². The molecule has 2 aromatic rings. The van der Waals surface area contributed by atoms with Crippen LogP contribution in [0, 0.1) is 0 Å². The number of aromatic nitrogens is 3. The Bertz CT molecular complexity index is 550. The van der Waals surface area contributed by atoms with E-state index in [2.05, 4.69) is 20.1 Å². The highest BCUT2D eigenvalue weighted by atomic mass is 32.1. The van der Waals surface area contributed by atoms with E-state index in [0.717, 1.165) is 0 Å². The van der Waals surface area contributed by atoms with Crippen molar-refractivity contribution in [2.75, 3.05) is 5.73 Å². The Labute approximate surface area is 105 Å². The molecule has 2 heterocycles. The molecule has 9 heteroatoms. The number of H-pyrrole nitrogens is 1. The molecule has 1 atom stereocenters. The topological polar surface area (TPSA) is 126 Å². The number of nitrogens with two attached hydrogens (primary N) is 1. The Hall–Kier alpha value is -2.26. The molecule has 0 fully saturated rings. The lowest BCUT2D eigenvalue weighted by Gasteiger charge is -2.05. The Morgan fingerprint density at radius 2 is 2.56 bits per heavy atom. The van der Waals surface area contributed by atoms with E-state index in [4.69, 9.17) is 10.6 Å². The Kier molecular flexibility index (Phi) is 3.65. The fraction of sp³-hybridized carbons (Fsp3) is 0.111. The molecule has 0 aliphatic heterocycles. The van der Waals surface area contributed by atoms with E-state index in [1.54, 1.807) is 5.38 Å². The minimum Gasteiger partial charge on any atom is -0.375 e. The largest absolute Gasteiger partial charge is 0.375 e. The molecule has 0 saturated heterocycles. The fourth-order valence-corrected chi connectivity index (χ4v) is 1.66. The van der Waals surface area contributed by atoms with Gasteiger partial charge >= 0.3 is 0 Å². The monoisotopic (exact) mass is 267 g/mol. The quantitative estimate of drug-likeness (QED) is 0.304. The van der Waals surface area contributed by atoms with E-state index in [-0.39, 0.29) is 5.71 Å². The van der Waals surface area contributed by atoms with Crippen LogP contribution in [0.15, 0.2) is 23.1 Å². The molecule has 8 nitrogen and oxygen atoms in total. The van der Waals surface area contributed by atoms with Crippen molar-refractivity contribution in [2.45, 2.75) is 6.29 Å². The molecule has 0 saturated carbocycles. The molecule has 94 valence electrons. The van der Waals surface area contributed by atoms with Crippen LogP contribution in [0.5, 0.6) is 0 Å². The van der Waals surface area contributed by atoms with Crippen LogP contribution in [0.3, 0.4) is 0 Å². The number of aliphatic hydroxyl groups is 1. The van der Waals surface area contributed by atoms with Gasteiger partial charge in [-0.15, -0.1) is 11.3 Å². The highest BCUT2D eigenvalue weighted by molar-refractivity contribution is 7.13. The van der Waals surface area contributed by atoms with E-state index >= 15 is 0 Å². The van der Waals surface area contributed by atoms with Gasteiger partial charge in [0, 0.05) is 5.38 Å². The molecule has 0 aliphatic rings. The summed E-state index contributed by atoms with van der Waals surface area (Å²) < 4.78 is 0. The van der Waals surface area contributed by atoms with Gasteiger partial charge in [0.05, 0.1) is 12.5 Å². The predicted octanol–water partition coefficient (Wildman–Crippen LogP) is 0.0591. The van der Waals surface area contributed by atoms with Crippen molar-refractivity contribution in [3.63, 3.8) is 0 Å². The first-order valence-corrected chi connectivity index (χ1v) is 5.65. The number of nitrogens with one attached hydrogen (secondary N) is 1. The number of aldehydes is 1. The lowest BCUT2D eigenvalue weighted by Crippen LogP contribution is -2.07. The molecule has 2 aromatic heterocycles. The number of anilines is 1. The van der Waals surface area contributed by atoms with E-state index in [9.17, 15) is 9.90 Å².